The van der Waals surface area contributed by atoms with Crippen LogP contribution < -0.4 is 14.8 Å². The number of benzene rings is 1. The molecule has 210 valence electrons. The molecule has 0 amide bonds. The fourth-order valence-electron chi connectivity index (χ4n) is 2.40. The van der Waals surface area contributed by atoms with Gasteiger partial charge in [-0.25, -0.2) is 18.2 Å². The number of hydrogen-bond donors (Lipinski definition) is 4. The number of sulfonamides is 1. The highest BCUT2D eigenvalue weighted by Gasteiger charge is 2.38. The zero-order valence-corrected chi connectivity index (χ0v) is 21.6. The van der Waals surface area contributed by atoms with E-state index in [9.17, 15) is 26.4 Å². The van der Waals surface area contributed by atoms with E-state index in [1.807, 2.05) is 32.0 Å². The van der Waals surface area contributed by atoms with Crippen LogP contribution in [-0.4, -0.2) is 60.9 Å². The summed E-state index contributed by atoms with van der Waals surface area (Å²) in [5, 5.41) is 19.1. The number of aliphatic carboxylic acids is 2. The lowest BCUT2D eigenvalue weighted by atomic mass is 10.2. The van der Waals surface area contributed by atoms with Gasteiger partial charge in [-0.1, -0.05) is 31.9 Å². The van der Waals surface area contributed by atoms with Crippen molar-refractivity contribution in [1.29, 1.82) is 0 Å². The molecule has 0 aliphatic carbocycles. The number of rotatable bonds is 12. The summed E-state index contributed by atoms with van der Waals surface area (Å²) in [5.41, 5.74) is 0. The molecule has 1 aromatic carbocycles. The van der Waals surface area contributed by atoms with Crippen LogP contribution in [0.5, 0.6) is 5.75 Å². The van der Waals surface area contributed by atoms with E-state index in [1.54, 1.807) is 18.3 Å². The lowest BCUT2D eigenvalue weighted by Gasteiger charge is -2.13. The van der Waals surface area contributed by atoms with Crippen molar-refractivity contribution in [2.24, 2.45) is 0 Å². The molecule has 38 heavy (non-hydrogen) atoms. The van der Waals surface area contributed by atoms with Gasteiger partial charge in [0.05, 0.1) is 24.0 Å². The maximum atomic E-state index is 12.4. The van der Waals surface area contributed by atoms with E-state index in [0.717, 1.165) is 25.2 Å². The van der Waals surface area contributed by atoms with Crippen molar-refractivity contribution < 1.29 is 46.1 Å². The van der Waals surface area contributed by atoms with Gasteiger partial charge in [0.1, 0.15) is 11.6 Å². The molecule has 14 heteroatoms. The molecule has 0 aliphatic heterocycles. The number of hydrogen-bond acceptors (Lipinski definition) is 7. The number of carboxylic acid groups (broad SMARTS) is 2. The van der Waals surface area contributed by atoms with Crippen LogP contribution in [0.1, 0.15) is 33.1 Å². The predicted molar refractivity (Wildman–Crippen MR) is 134 cm³/mol. The van der Waals surface area contributed by atoms with E-state index < -0.39 is 40.6 Å². The van der Waals surface area contributed by atoms with Gasteiger partial charge in [-0.3, -0.25) is 4.79 Å². The maximum Gasteiger partial charge on any atom is 0.490 e. The molecule has 4 N–H and O–H groups in total. The second-order valence-corrected chi connectivity index (χ2v) is 8.63. The van der Waals surface area contributed by atoms with Crippen LogP contribution in [-0.2, 0) is 19.6 Å². The van der Waals surface area contributed by atoms with Crippen LogP contribution in [0.3, 0.4) is 0 Å². The number of halogens is 3. The van der Waals surface area contributed by atoms with Crippen molar-refractivity contribution in [3.8, 4) is 18.1 Å². The van der Waals surface area contributed by atoms with Gasteiger partial charge in [0, 0.05) is 18.8 Å². The summed E-state index contributed by atoms with van der Waals surface area (Å²) < 4.78 is 64.4. The molecule has 0 radical (unpaired) electrons. The van der Waals surface area contributed by atoms with Gasteiger partial charge in [-0.15, -0.1) is 6.42 Å². The third-order valence-corrected chi connectivity index (χ3v) is 5.52. The highest BCUT2D eigenvalue weighted by molar-refractivity contribution is 7.89. The number of ether oxygens (including phenoxy) is 1. The van der Waals surface area contributed by atoms with Gasteiger partial charge in [0.25, 0.3) is 0 Å². The summed E-state index contributed by atoms with van der Waals surface area (Å²) in [4.78, 5) is 23.8. The molecule has 1 atom stereocenters. The second kappa shape index (κ2) is 17.6. The van der Waals surface area contributed by atoms with Gasteiger partial charge < -0.3 is 20.3 Å². The minimum absolute atomic E-state index is 0.0440. The SMILES string of the molecule is C#C[C@H](CC(=O)O)NS(=O)(=O)c1cccc(OCCCCNc2ccccn2)c1.CC.O=C(O)C(F)(F)F. The molecule has 10 nitrogen and oxygen atoms in total. The molecule has 0 unspecified atom stereocenters. The first kappa shape index (κ1) is 34.2. The molecule has 1 aromatic heterocycles. The van der Waals surface area contributed by atoms with Crippen molar-refractivity contribution >= 4 is 27.8 Å². The van der Waals surface area contributed by atoms with Crippen LogP contribution in [0.25, 0.3) is 0 Å². The number of unbranched alkanes of at least 4 members (excludes halogenated alkanes) is 1. The van der Waals surface area contributed by atoms with Crippen LogP contribution in [0, 0.1) is 12.3 Å². The van der Waals surface area contributed by atoms with E-state index in [1.165, 1.54) is 12.1 Å². The van der Waals surface area contributed by atoms with E-state index in [4.69, 9.17) is 26.2 Å². The zero-order chi connectivity index (χ0) is 29.2. The lowest BCUT2D eigenvalue weighted by Crippen LogP contribution is -2.35. The molecule has 0 bridgehead atoms. The maximum absolute atomic E-state index is 12.4. The molecule has 0 saturated heterocycles. The number of nitrogens with one attached hydrogen (secondary N) is 2. The first-order chi connectivity index (χ1) is 17.8. The highest BCUT2D eigenvalue weighted by Crippen LogP contribution is 2.18. The van der Waals surface area contributed by atoms with E-state index >= 15 is 0 Å². The van der Waals surface area contributed by atoms with Crippen molar-refractivity contribution in [1.82, 2.24) is 9.71 Å². The zero-order valence-electron chi connectivity index (χ0n) is 20.7. The number of carboxylic acids is 2. The third kappa shape index (κ3) is 14.7. The average molecular weight is 562 g/mol. The summed E-state index contributed by atoms with van der Waals surface area (Å²) in [6.45, 7) is 5.17. The molecule has 0 fully saturated rings. The minimum Gasteiger partial charge on any atom is -0.494 e. The molecule has 2 aromatic rings. The molecule has 0 spiro atoms. The van der Waals surface area contributed by atoms with Crippen LogP contribution >= 0.6 is 0 Å². The number of terminal acetylenes is 1. The Morgan fingerprint density at radius 3 is 2.32 bits per heavy atom. The van der Waals surface area contributed by atoms with Crippen molar-refractivity contribution in [3.05, 3.63) is 48.7 Å². The fraction of sp³-hybridized carbons (Fsp3) is 0.375. The predicted octanol–water partition coefficient (Wildman–Crippen LogP) is 3.77. The van der Waals surface area contributed by atoms with Crippen molar-refractivity contribution in [3.63, 3.8) is 0 Å². The van der Waals surface area contributed by atoms with Gasteiger partial charge in [-0.05, 0) is 37.1 Å². The Hall–Kier alpha value is -3.83. The Labute approximate surface area is 219 Å². The van der Waals surface area contributed by atoms with Gasteiger partial charge >= 0.3 is 18.1 Å². The van der Waals surface area contributed by atoms with Crippen LogP contribution in [0.15, 0.2) is 53.6 Å². The van der Waals surface area contributed by atoms with Crippen LogP contribution in [0.2, 0.25) is 0 Å². The Bertz CT molecular complexity index is 1140. The summed E-state index contributed by atoms with van der Waals surface area (Å²) >= 11 is 0. The Morgan fingerprint density at radius 1 is 1.13 bits per heavy atom. The number of alkyl halides is 3. The largest absolute Gasteiger partial charge is 0.494 e. The smallest absolute Gasteiger partial charge is 0.490 e. The summed E-state index contributed by atoms with van der Waals surface area (Å²) in [6.07, 6.45) is 2.96. The Balaban J connectivity index is 0.00000132. The minimum atomic E-state index is -5.08. The second-order valence-electron chi connectivity index (χ2n) is 6.91. The Morgan fingerprint density at radius 2 is 1.79 bits per heavy atom. The topological polar surface area (TPSA) is 155 Å². The first-order valence-corrected chi connectivity index (χ1v) is 12.7. The van der Waals surface area contributed by atoms with E-state index in [0.29, 0.717) is 12.4 Å². The average Bonchev–Trinajstić information content (AvgIpc) is 2.87. The number of anilines is 1. The monoisotopic (exact) mass is 561 g/mol. The molecular formula is C24H30F3N3O7S. The standard InChI is InChI=1S/C20H23N3O5S.C2HF3O2.C2H6/c1-2-16(14-20(24)25)23-29(26,27)18-9-7-8-17(15-18)28-13-6-5-12-22-19-10-3-4-11-21-19;3-2(4,5)1(6)7;1-2/h1,3-4,7-11,15-16,23H,5-6,12-14H2,(H,21,22)(H,24,25);(H,6,7);1-2H3/t16-;;/m1../s1. The quantitative estimate of drug-likeness (QED) is 0.224. The number of carbonyl (C=O) groups is 2. The van der Waals surface area contributed by atoms with E-state index in [2.05, 4.69) is 20.9 Å². The third-order valence-electron chi connectivity index (χ3n) is 4.05. The van der Waals surface area contributed by atoms with Gasteiger partial charge in [0.2, 0.25) is 10.0 Å². The van der Waals surface area contributed by atoms with Crippen molar-refractivity contribution in [2.75, 3.05) is 18.5 Å². The summed E-state index contributed by atoms with van der Waals surface area (Å²) in [6, 6.07) is 10.5. The number of nitrogens with zero attached hydrogens (tertiary/aromatic N) is 1. The Kier molecular flexibility index (Phi) is 15.8. The first-order valence-electron chi connectivity index (χ1n) is 11.2. The molecule has 2 rings (SSSR count). The molecule has 0 saturated carbocycles. The summed E-state index contributed by atoms with van der Waals surface area (Å²) in [5.74, 6) is -0.604. The van der Waals surface area contributed by atoms with E-state index in [-0.39, 0.29) is 4.90 Å². The molecular weight excluding hydrogens is 531 g/mol. The number of pyridine rings is 1. The van der Waals surface area contributed by atoms with Gasteiger partial charge in [-0.2, -0.15) is 17.9 Å². The fourth-order valence-corrected chi connectivity index (χ4v) is 3.59. The number of aromatic nitrogens is 1. The lowest BCUT2D eigenvalue weighted by molar-refractivity contribution is -0.192. The summed E-state index contributed by atoms with van der Waals surface area (Å²) in [7, 11) is -3.96. The molecule has 0 aliphatic rings. The highest BCUT2D eigenvalue weighted by atomic mass is 32.2. The van der Waals surface area contributed by atoms with Crippen LogP contribution in [0.4, 0.5) is 19.0 Å². The van der Waals surface area contributed by atoms with Gasteiger partial charge in [0.15, 0.2) is 0 Å². The normalized spacial score (nSPS) is 11.4. The van der Waals surface area contributed by atoms with Crippen molar-refractivity contribution in [2.45, 2.75) is 50.2 Å². The molecule has 1 heterocycles.